The van der Waals surface area contributed by atoms with Crippen molar-refractivity contribution in [2.75, 3.05) is 0 Å². The van der Waals surface area contributed by atoms with E-state index >= 15 is 0 Å². The van der Waals surface area contributed by atoms with Crippen molar-refractivity contribution >= 4 is 11.6 Å². The number of alkyl halides is 1. The highest BCUT2D eigenvalue weighted by Crippen LogP contribution is 2.60. The number of rotatable bonds is 2. The van der Waals surface area contributed by atoms with E-state index in [4.69, 9.17) is 11.6 Å². The Morgan fingerprint density at radius 3 is 2.10 bits per heavy atom. The van der Waals surface area contributed by atoms with E-state index in [1.165, 1.54) is 44.2 Å². The van der Waals surface area contributed by atoms with Gasteiger partial charge in [0.05, 0.1) is 5.38 Å². The van der Waals surface area contributed by atoms with Crippen LogP contribution in [0.2, 0.25) is 0 Å². The third kappa shape index (κ3) is 1.99. The average molecular weight is 297 g/mol. The molecule has 1 aromatic rings. The van der Waals surface area contributed by atoms with E-state index in [0.717, 1.165) is 17.9 Å². The summed E-state index contributed by atoms with van der Waals surface area (Å²) in [5.74, 6) is 2.44. The van der Waals surface area contributed by atoms with Crippen LogP contribution in [0.4, 0.5) is 8.78 Å². The van der Waals surface area contributed by atoms with Gasteiger partial charge >= 0.3 is 0 Å². The van der Waals surface area contributed by atoms with Gasteiger partial charge in [0.15, 0.2) is 0 Å². The lowest BCUT2D eigenvalue weighted by Crippen LogP contribution is -2.46. The van der Waals surface area contributed by atoms with Crippen molar-refractivity contribution in [1.29, 1.82) is 0 Å². The summed E-state index contributed by atoms with van der Waals surface area (Å²) >= 11 is 6.65. The van der Waals surface area contributed by atoms with Gasteiger partial charge in [0.25, 0.3) is 0 Å². The van der Waals surface area contributed by atoms with Crippen LogP contribution in [0.1, 0.15) is 43.0 Å². The third-order valence-corrected chi connectivity index (χ3v) is 6.42. The molecule has 5 rings (SSSR count). The maximum atomic E-state index is 14.0. The molecule has 4 aliphatic rings. The second-order valence-electron chi connectivity index (χ2n) is 7.08. The molecule has 4 saturated carbocycles. The lowest BCUT2D eigenvalue weighted by molar-refractivity contribution is -0.0384. The highest BCUT2D eigenvalue weighted by Gasteiger charge is 2.50. The molecule has 0 radical (unpaired) electrons. The summed E-state index contributed by atoms with van der Waals surface area (Å²) in [6.07, 6.45) is 6.47. The first-order valence-corrected chi connectivity index (χ1v) is 8.14. The van der Waals surface area contributed by atoms with Crippen LogP contribution >= 0.6 is 11.6 Å². The second kappa shape index (κ2) is 4.69. The van der Waals surface area contributed by atoms with Crippen LogP contribution in [0.15, 0.2) is 18.2 Å². The topological polar surface area (TPSA) is 0 Å². The van der Waals surface area contributed by atoms with E-state index in [-0.39, 0.29) is 5.38 Å². The summed E-state index contributed by atoms with van der Waals surface area (Å²) in [6.45, 7) is 0. The Labute approximate surface area is 123 Å². The van der Waals surface area contributed by atoms with Crippen molar-refractivity contribution in [2.24, 2.45) is 29.6 Å². The van der Waals surface area contributed by atoms with Crippen LogP contribution in [0, 0.1) is 41.2 Å². The first-order chi connectivity index (χ1) is 9.61. The van der Waals surface area contributed by atoms with Crippen molar-refractivity contribution in [1.82, 2.24) is 0 Å². The largest absolute Gasteiger partial charge is 0.207 e. The fraction of sp³-hybridized carbons (Fsp3) is 0.647. The predicted octanol–water partition coefficient (Wildman–Crippen LogP) is 5.32. The lowest BCUT2D eigenvalue weighted by Gasteiger charge is -2.55. The number of halogens is 3. The molecule has 20 heavy (non-hydrogen) atoms. The van der Waals surface area contributed by atoms with Crippen LogP contribution in [-0.4, -0.2) is 0 Å². The Kier molecular flexibility index (Phi) is 3.06. The van der Waals surface area contributed by atoms with E-state index in [0.29, 0.717) is 23.3 Å². The Hall–Kier alpha value is -0.630. The summed E-state index contributed by atoms with van der Waals surface area (Å²) in [7, 11) is 0. The fourth-order valence-corrected chi connectivity index (χ4v) is 5.97. The molecule has 0 N–H and O–H groups in total. The SMILES string of the molecule is Fc1ccc(C(Cl)C2C3CC4CC(C3)CC2C4)c(F)c1. The normalized spacial score (nSPS) is 40.0. The zero-order chi connectivity index (χ0) is 13.9. The highest BCUT2D eigenvalue weighted by molar-refractivity contribution is 6.21. The molecule has 1 unspecified atom stereocenters. The van der Waals surface area contributed by atoms with E-state index in [9.17, 15) is 8.78 Å². The minimum Gasteiger partial charge on any atom is -0.207 e. The smallest absolute Gasteiger partial charge is 0.130 e. The molecule has 0 spiro atoms. The zero-order valence-corrected chi connectivity index (χ0v) is 12.1. The van der Waals surface area contributed by atoms with Gasteiger partial charge in [0.2, 0.25) is 0 Å². The van der Waals surface area contributed by atoms with Gasteiger partial charge in [0, 0.05) is 11.6 Å². The molecular formula is C17H19ClF2. The van der Waals surface area contributed by atoms with E-state index in [1.807, 2.05) is 0 Å². The monoisotopic (exact) mass is 296 g/mol. The van der Waals surface area contributed by atoms with Crippen LogP contribution in [0.5, 0.6) is 0 Å². The summed E-state index contributed by atoms with van der Waals surface area (Å²) < 4.78 is 27.1. The molecule has 0 saturated heterocycles. The molecule has 108 valence electrons. The van der Waals surface area contributed by atoms with Crippen LogP contribution < -0.4 is 0 Å². The average Bonchev–Trinajstić information content (AvgIpc) is 2.37. The summed E-state index contributed by atoms with van der Waals surface area (Å²) in [5.41, 5.74) is 0.491. The van der Waals surface area contributed by atoms with E-state index < -0.39 is 11.6 Å². The standard InChI is InChI=1S/C17H19ClF2/c18-17(14-2-1-13(19)8-15(14)20)16-11-4-9-3-10(6-11)7-12(16)5-9/h1-2,8-12,16-17H,3-7H2. The van der Waals surface area contributed by atoms with Gasteiger partial charge in [-0.15, -0.1) is 11.6 Å². The first kappa shape index (κ1) is 13.1. The first-order valence-electron chi connectivity index (χ1n) is 7.71. The molecule has 0 nitrogen and oxygen atoms in total. The molecule has 1 atom stereocenters. The molecule has 1 aromatic carbocycles. The Balaban J connectivity index is 1.63. The highest BCUT2D eigenvalue weighted by atomic mass is 35.5. The van der Waals surface area contributed by atoms with E-state index in [1.54, 1.807) is 0 Å². The maximum Gasteiger partial charge on any atom is 0.130 e. The number of hydrogen-bond donors (Lipinski definition) is 0. The Bertz CT molecular complexity index is 500. The quantitative estimate of drug-likeness (QED) is 0.648. The van der Waals surface area contributed by atoms with Gasteiger partial charge in [-0.2, -0.15) is 0 Å². The van der Waals surface area contributed by atoms with Gasteiger partial charge in [-0.25, -0.2) is 8.78 Å². The molecule has 4 bridgehead atoms. The third-order valence-electron chi connectivity index (χ3n) is 5.90. The lowest BCUT2D eigenvalue weighted by atomic mass is 9.51. The predicted molar refractivity (Wildman–Crippen MR) is 75.5 cm³/mol. The second-order valence-corrected chi connectivity index (χ2v) is 7.55. The summed E-state index contributed by atoms with van der Waals surface area (Å²) in [5, 5.41) is -0.300. The molecule has 4 aliphatic carbocycles. The van der Waals surface area contributed by atoms with Gasteiger partial charge in [-0.3, -0.25) is 0 Å². The molecule has 3 heteroatoms. The molecule has 4 fully saturated rings. The number of benzene rings is 1. The van der Waals surface area contributed by atoms with Gasteiger partial charge in [0.1, 0.15) is 11.6 Å². The van der Waals surface area contributed by atoms with Gasteiger partial charge < -0.3 is 0 Å². The van der Waals surface area contributed by atoms with Gasteiger partial charge in [-0.05, 0) is 67.8 Å². The van der Waals surface area contributed by atoms with Gasteiger partial charge in [-0.1, -0.05) is 6.07 Å². The molecule has 0 aliphatic heterocycles. The fourth-order valence-electron chi connectivity index (χ4n) is 5.38. The van der Waals surface area contributed by atoms with Crippen LogP contribution in [0.3, 0.4) is 0 Å². The summed E-state index contributed by atoms with van der Waals surface area (Å²) in [4.78, 5) is 0. The molecule has 0 heterocycles. The van der Waals surface area contributed by atoms with Crippen LogP contribution in [0.25, 0.3) is 0 Å². The van der Waals surface area contributed by atoms with Crippen LogP contribution in [-0.2, 0) is 0 Å². The van der Waals surface area contributed by atoms with E-state index in [2.05, 4.69) is 0 Å². The minimum absolute atomic E-state index is 0.300. The van der Waals surface area contributed by atoms with Crippen molar-refractivity contribution in [3.8, 4) is 0 Å². The van der Waals surface area contributed by atoms with Crippen molar-refractivity contribution < 1.29 is 8.78 Å². The number of hydrogen-bond acceptors (Lipinski definition) is 0. The van der Waals surface area contributed by atoms with Crippen molar-refractivity contribution in [3.05, 3.63) is 35.4 Å². The maximum absolute atomic E-state index is 14.0. The zero-order valence-electron chi connectivity index (χ0n) is 11.4. The Morgan fingerprint density at radius 2 is 1.55 bits per heavy atom. The van der Waals surface area contributed by atoms with Crippen molar-refractivity contribution in [2.45, 2.75) is 37.5 Å². The molecule has 0 amide bonds. The summed E-state index contributed by atoms with van der Waals surface area (Å²) in [6, 6.07) is 3.82. The molecule has 0 aromatic heterocycles. The van der Waals surface area contributed by atoms with Crippen molar-refractivity contribution in [3.63, 3.8) is 0 Å². The Morgan fingerprint density at radius 1 is 0.950 bits per heavy atom. The minimum atomic E-state index is -0.528. The molecular weight excluding hydrogens is 278 g/mol.